The molecule has 2 rings (SSSR count). The van der Waals surface area contributed by atoms with Crippen LogP contribution in [0.5, 0.6) is 0 Å². The molecule has 7 N–H and O–H groups in total. The van der Waals surface area contributed by atoms with Crippen LogP contribution in [0.15, 0.2) is 42.9 Å². The lowest BCUT2D eigenvalue weighted by Crippen LogP contribution is -2.58. The van der Waals surface area contributed by atoms with Crippen molar-refractivity contribution in [3.8, 4) is 0 Å². The number of imidazole rings is 1. The SMILES string of the molecule is CC(C)C[C@H](NC(=O)[C@H](Cc1c[nH]cn1)NC(=O)[C@H](C)N(C(=O)OC(C)(C)C)c1ccccc1)[C@@H](O)C[C@H](NC(=O)[C@H](N)C(C)C)C(C)C. The Bertz CT molecular complexity index is 1330. The summed E-state index contributed by atoms with van der Waals surface area (Å²) in [6.07, 6.45) is 2.05. The zero-order valence-corrected chi connectivity index (χ0v) is 30.8. The molecule has 0 spiro atoms. The third-order valence-electron chi connectivity index (χ3n) is 8.16. The van der Waals surface area contributed by atoms with Gasteiger partial charge in [-0.2, -0.15) is 0 Å². The van der Waals surface area contributed by atoms with E-state index in [1.165, 1.54) is 11.2 Å². The quantitative estimate of drug-likeness (QED) is 0.145. The average molecular weight is 686 g/mol. The van der Waals surface area contributed by atoms with Gasteiger partial charge in [0.25, 0.3) is 0 Å². The molecule has 49 heavy (non-hydrogen) atoms. The zero-order chi connectivity index (χ0) is 37.1. The molecule has 13 nitrogen and oxygen atoms in total. The number of nitrogens with two attached hydrogens (primary N) is 1. The van der Waals surface area contributed by atoms with Gasteiger partial charge in [0.1, 0.15) is 17.7 Å². The fraction of sp³-hybridized carbons (Fsp3) is 0.639. The first kappa shape index (κ1) is 41.2. The predicted molar refractivity (Wildman–Crippen MR) is 190 cm³/mol. The van der Waals surface area contributed by atoms with Gasteiger partial charge in [-0.1, -0.05) is 59.7 Å². The minimum atomic E-state index is -1.10. The molecule has 13 heteroatoms. The number of hydrogen-bond donors (Lipinski definition) is 6. The van der Waals surface area contributed by atoms with Crippen molar-refractivity contribution in [1.82, 2.24) is 25.9 Å². The van der Waals surface area contributed by atoms with Crippen LogP contribution in [0.3, 0.4) is 0 Å². The second-order valence-electron chi connectivity index (χ2n) is 14.9. The maximum absolute atomic E-state index is 14.0. The monoisotopic (exact) mass is 685 g/mol. The number of carbonyl (C=O) groups excluding carboxylic acids is 4. The van der Waals surface area contributed by atoms with Gasteiger partial charge in [-0.3, -0.25) is 19.3 Å². The molecule has 1 heterocycles. The number of aromatic amines is 1. The standard InChI is InChI=1S/C36H59N7O6/c1-21(2)16-28(30(44)18-27(22(3)4)40-34(47)31(37)23(5)6)41-33(46)29(17-25-19-38-20-39-25)42-32(45)24(7)43(26-14-12-11-13-15-26)35(48)49-36(8,9)10/h11-15,19-24,27-31,44H,16-18,37H2,1-10H3,(H,38,39)(H,40,47)(H,41,46)(H,42,45)/t24-,27-,28-,29-,30-,31+/m0/s1. The molecule has 274 valence electrons. The molecule has 0 unspecified atom stereocenters. The molecule has 0 saturated heterocycles. The van der Waals surface area contributed by atoms with Crippen LogP contribution >= 0.6 is 0 Å². The van der Waals surface area contributed by atoms with Crippen LogP contribution in [-0.2, 0) is 25.5 Å². The van der Waals surface area contributed by atoms with Gasteiger partial charge in [0.15, 0.2) is 0 Å². The Labute approximate surface area is 291 Å². The van der Waals surface area contributed by atoms with E-state index < -0.39 is 59.8 Å². The third-order valence-corrected chi connectivity index (χ3v) is 8.16. The predicted octanol–water partition coefficient (Wildman–Crippen LogP) is 3.67. The van der Waals surface area contributed by atoms with Crippen LogP contribution in [0.2, 0.25) is 0 Å². The number of ether oxygens (including phenoxy) is 1. The van der Waals surface area contributed by atoms with E-state index in [4.69, 9.17) is 10.5 Å². The number of aromatic nitrogens is 2. The first-order valence-corrected chi connectivity index (χ1v) is 17.2. The molecule has 0 aliphatic carbocycles. The van der Waals surface area contributed by atoms with Gasteiger partial charge in [-0.05, 0) is 70.4 Å². The van der Waals surface area contributed by atoms with Crippen molar-refractivity contribution >= 4 is 29.5 Å². The summed E-state index contributed by atoms with van der Waals surface area (Å²) in [6.45, 7) is 18.4. The number of H-pyrrole nitrogens is 1. The number of rotatable bonds is 17. The summed E-state index contributed by atoms with van der Waals surface area (Å²) in [5, 5.41) is 20.3. The number of carbonyl (C=O) groups is 4. The zero-order valence-electron chi connectivity index (χ0n) is 30.8. The second-order valence-corrected chi connectivity index (χ2v) is 14.9. The highest BCUT2D eigenvalue weighted by molar-refractivity contribution is 5.99. The van der Waals surface area contributed by atoms with Crippen molar-refractivity contribution in [2.75, 3.05) is 4.90 Å². The molecule has 0 fully saturated rings. The normalized spacial score (nSPS) is 15.6. The largest absolute Gasteiger partial charge is 0.443 e. The van der Waals surface area contributed by atoms with Gasteiger partial charge in [0.2, 0.25) is 17.7 Å². The first-order valence-electron chi connectivity index (χ1n) is 17.2. The number of amides is 4. The molecule has 6 atom stereocenters. The fourth-order valence-corrected chi connectivity index (χ4v) is 5.22. The summed E-state index contributed by atoms with van der Waals surface area (Å²) in [5.41, 5.74) is 6.25. The number of aliphatic hydroxyl groups excluding tert-OH is 1. The maximum Gasteiger partial charge on any atom is 0.415 e. The molecular formula is C36H59N7O6. The highest BCUT2D eigenvalue weighted by Gasteiger charge is 2.35. The summed E-state index contributed by atoms with van der Waals surface area (Å²) >= 11 is 0. The molecule has 0 radical (unpaired) electrons. The summed E-state index contributed by atoms with van der Waals surface area (Å²) in [5.74, 6) is -1.37. The Balaban J connectivity index is 2.34. The molecule has 0 saturated carbocycles. The van der Waals surface area contributed by atoms with Gasteiger partial charge in [0.05, 0.1) is 30.2 Å². The van der Waals surface area contributed by atoms with Crippen LogP contribution in [0.4, 0.5) is 10.5 Å². The van der Waals surface area contributed by atoms with Gasteiger partial charge in [0, 0.05) is 24.3 Å². The minimum Gasteiger partial charge on any atom is -0.443 e. The lowest BCUT2D eigenvalue weighted by atomic mass is 9.90. The highest BCUT2D eigenvalue weighted by atomic mass is 16.6. The van der Waals surface area contributed by atoms with Crippen molar-refractivity contribution in [3.63, 3.8) is 0 Å². The van der Waals surface area contributed by atoms with Crippen LogP contribution in [0.25, 0.3) is 0 Å². The molecule has 2 aromatic rings. The summed E-state index contributed by atoms with van der Waals surface area (Å²) in [6, 6.07) is 4.76. The topological polar surface area (TPSA) is 192 Å². The van der Waals surface area contributed by atoms with E-state index in [-0.39, 0.29) is 36.5 Å². The van der Waals surface area contributed by atoms with Crippen molar-refractivity contribution in [3.05, 3.63) is 48.5 Å². The number of anilines is 1. The van der Waals surface area contributed by atoms with Gasteiger partial charge >= 0.3 is 6.09 Å². The third kappa shape index (κ3) is 13.5. The molecule has 0 aliphatic heterocycles. The van der Waals surface area contributed by atoms with E-state index in [1.807, 2.05) is 41.5 Å². The second kappa shape index (κ2) is 18.7. The minimum absolute atomic E-state index is 0.0147. The Morgan fingerprint density at radius 2 is 1.49 bits per heavy atom. The average Bonchev–Trinajstić information content (AvgIpc) is 3.52. The summed E-state index contributed by atoms with van der Waals surface area (Å²) in [4.78, 5) is 62.3. The van der Waals surface area contributed by atoms with E-state index in [9.17, 15) is 24.3 Å². The van der Waals surface area contributed by atoms with Crippen molar-refractivity contribution in [2.45, 2.75) is 130 Å². The van der Waals surface area contributed by atoms with E-state index in [2.05, 4.69) is 25.9 Å². The molecule has 1 aromatic heterocycles. The molecule has 0 aliphatic rings. The van der Waals surface area contributed by atoms with Gasteiger partial charge in [-0.25, -0.2) is 9.78 Å². The maximum atomic E-state index is 14.0. The van der Waals surface area contributed by atoms with Crippen LogP contribution in [-0.4, -0.2) is 80.8 Å². The Kier molecular flexibility index (Phi) is 15.7. The van der Waals surface area contributed by atoms with E-state index in [0.29, 0.717) is 17.8 Å². The number of aliphatic hydroxyl groups is 1. The first-order chi connectivity index (χ1) is 22.8. The van der Waals surface area contributed by atoms with Crippen molar-refractivity contribution < 1.29 is 29.0 Å². The number of nitrogens with zero attached hydrogens (tertiary/aromatic N) is 2. The molecule has 1 aromatic carbocycles. The Morgan fingerprint density at radius 3 is 2.00 bits per heavy atom. The summed E-state index contributed by atoms with van der Waals surface area (Å²) < 4.78 is 5.63. The highest BCUT2D eigenvalue weighted by Crippen LogP contribution is 2.22. The Morgan fingerprint density at radius 1 is 0.878 bits per heavy atom. The smallest absolute Gasteiger partial charge is 0.415 e. The van der Waals surface area contributed by atoms with E-state index >= 15 is 0 Å². The lowest BCUT2D eigenvalue weighted by Gasteiger charge is -2.33. The van der Waals surface area contributed by atoms with Gasteiger partial charge < -0.3 is 36.5 Å². The lowest BCUT2D eigenvalue weighted by molar-refractivity contribution is -0.130. The summed E-state index contributed by atoms with van der Waals surface area (Å²) in [7, 11) is 0. The number of nitrogens with one attached hydrogen (secondary N) is 4. The number of benzene rings is 1. The number of para-hydroxylation sites is 1. The van der Waals surface area contributed by atoms with E-state index in [0.717, 1.165) is 0 Å². The molecule has 0 bridgehead atoms. The van der Waals surface area contributed by atoms with Crippen molar-refractivity contribution in [2.24, 2.45) is 23.5 Å². The van der Waals surface area contributed by atoms with E-state index in [1.54, 1.807) is 64.2 Å². The fourth-order valence-electron chi connectivity index (χ4n) is 5.22. The van der Waals surface area contributed by atoms with Crippen LogP contribution in [0, 0.1) is 17.8 Å². The van der Waals surface area contributed by atoms with Crippen LogP contribution in [0.1, 0.15) is 87.8 Å². The van der Waals surface area contributed by atoms with Gasteiger partial charge in [-0.15, -0.1) is 0 Å². The van der Waals surface area contributed by atoms with Crippen molar-refractivity contribution in [1.29, 1.82) is 0 Å². The number of hydrogen-bond acceptors (Lipinski definition) is 8. The van der Waals surface area contributed by atoms with Crippen LogP contribution < -0.4 is 26.6 Å². The molecule has 4 amide bonds. The molecular weight excluding hydrogens is 626 g/mol. The Hall–Kier alpha value is -3.97.